The van der Waals surface area contributed by atoms with Crippen LogP contribution in [0.4, 0.5) is 5.69 Å². The first-order chi connectivity index (χ1) is 12.5. The summed E-state index contributed by atoms with van der Waals surface area (Å²) in [6.07, 6.45) is 0.358. The minimum Gasteiger partial charge on any atom is -0.506 e. The van der Waals surface area contributed by atoms with Gasteiger partial charge in [0.25, 0.3) is 11.5 Å². The molecule has 1 aromatic heterocycles. The number of phenols is 1. The van der Waals surface area contributed by atoms with Crippen LogP contribution in [0.2, 0.25) is 0 Å². The average Bonchev–Trinajstić information content (AvgIpc) is 2.64. The Balaban J connectivity index is 1.81. The van der Waals surface area contributed by atoms with Crippen molar-refractivity contribution in [2.24, 2.45) is 0 Å². The number of carbonyl (C=O) groups is 1. The molecule has 1 amide bonds. The number of nitrogens with zero attached hydrogens (tertiary/aromatic N) is 1. The molecule has 26 heavy (non-hydrogen) atoms. The fourth-order valence-corrected chi connectivity index (χ4v) is 2.41. The standard InChI is InChI=1S/C19H17N3O4/c1-26-13-8-6-12(7-9-13)10-17-20-15(11-18(24)22-17)19(25)21-14-4-2-3-5-16(14)23/h2-9,11,23H,10H2,1H3,(H,21,25)(H,20,22,24). The van der Waals surface area contributed by atoms with Crippen LogP contribution in [0.25, 0.3) is 0 Å². The van der Waals surface area contributed by atoms with Crippen LogP contribution in [0.15, 0.2) is 59.4 Å². The predicted octanol–water partition coefficient (Wildman–Crippen LogP) is 2.33. The molecule has 0 radical (unpaired) electrons. The summed E-state index contributed by atoms with van der Waals surface area (Å²) in [5.74, 6) is 0.453. The number of methoxy groups -OCH3 is 1. The van der Waals surface area contributed by atoms with E-state index in [-0.39, 0.29) is 17.1 Å². The van der Waals surface area contributed by atoms with Crippen molar-refractivity contribution in [2.75, 3.05) is 12.4 Å². The van der Waals surface area contributed by atoms with E-state index in [0.29, 0.717) is 12.2 Å². The fraction of sp³-hybridized carbons (Fsp3) is 0.105. The number of amides is 1. The predicted molar refractivity (Wildman–Crippen MR) is 96.7 cm³/mol. The van der Waals surface area contributed by atoms with Crippen molar-refractivity contribution >= 4 is 11.6 Å². The highest BCUT2D eigenvalue weighted by Crippen LogP contribution is 2.22. The molecule has 0 spiro atoms. The van der Waals surface area contributed by atoms with Crippen molar-refractivity contribution in [1.82, 2.24) is 9.97 Å². The SMILES string of the molecule is COc1ccc(Cc2nc(C(=O)Nc3ccccc3O)cc(=O)[nH]2)cc1. The number of hydrogen-bond acceptors (Lipinski definition) is 5. The second-order valence-electron chi connectivity index (χ2n) is 5.57. The molecule has 0 saturated heterocycles. The molecule has 7 nitrogen and oxygen atoms in total. The highest BCUT2D eigenvalue weighted by atomic mass is 16.5. The number of rotatable bonds is 5. The van der Waals surface area contributed by atoms with Gasteiger partial charge in [-0.05, 0) is 29.8 Å². The van der Waals surface area contributed by atoms with Gasteiger partial charge in [-0.25, -0.2) is 4.98 Å². The number of aromatic amines is 1. The number of para-hydroxylation sites is 2. The molecule has 0 aliphatic rings. The number of nitrogens with one attached hydrogen (secondary N) is 2. The second-order valence-corrected chi connectivity index (χ2v) is 5.57. The van der Waals surface area contributed by atoms with E-state index in [0.717, 1.165) is 17.4 Å². The second kappa shape index (κ2) is 7.52. The van der Waals surface area contributed by atoms with E-state index in [9.17, 15) is 14.7 Å². The maximum absolute atomic E-state index is 12.4. The molecular weight excluding hydrogens is 334 g/mol. The summed E-state index contributed by atoms with van der Waals surface area (Å²) >= 11 is 0. The molecule has 0 fully saturated rings. The van der Waals surface area contributed by atoms with Gasteiger partial charge in [0.1, 0.15) is 23.0 Å². The zero-order valence-corrected chi connectivity index (χ0v) is 14.0. The minimum atomic E-state index is -0.575. The van der Waals surface area contributed by atoms with Crippen LogP contribution < -0.4 is 15.6 Å². The zero-order chi connectivity index (χ0) is 18.5. The Morgan fingerprint density at radius 1 is 1.19 bits per heavy atom. The molecule has 0 saturated carbocycles. The van der Waals surface area contributed by atoms with Crippen LogP contribution in [0.5, 0.6) is 11.5 Å². The van der Waals surface area contributed by atoms with Crippen LogP contribution in [-0.4, -0.2) is 28.1 Å². The molecular formula is C19H17N3O4. The van der Waals surface area contributed by atoms with Gasteiger partial charge in [0.05, 0.1) is 12.8 Å². The third kappa shape index (κ3) is 4.07. The number of phenolic OH excluding ortho intramolecular Hbond substituents is 1. The molecule has 2 aromatic carbocycles. The summed E-state index contributed by atoms with van der Waals surface area (Å²) in [7, 11) is 1.58. The fourth-order valence-electron chi connectivity index (χ4n) is 2.41. The Morgan fingerprint density at radius 2 is 1.92 bits per heavy atom. The largest absolute Gasteiger partial charge is 0.506 e. The minimum absolute atomic E-state index is 0.0273. The monoisotopic (exact) mass is 351 g/mol. The quantitative estimate of drug-likeness (QED) is 0.612. The van der Waals surface area contributed by atoms with Gasteiger partial charge < -0.3 is 20.1 Å². The lowest BCUT2D eigenvalue weighted by atomic mass is 10.1. The van der Waals surface area contributed by atoms with Gasteiger partial charge >= 0.3 is 0 Å². The number of anilines is 1. The summed E-state index contributed by atoms with van der Waals surface area (Å²) < 4.78 is 5.11. The Hall–Kier alpha value is -3.61. The van der Waals surface area contributed by atoms with E-state index in [4.69, 9.17) is 4.74 Å². The van der Waals surface area contributed by atoms with E-state index in [1.54, 1.807) is 25.3 Å². The van der Waals surface area contributed by atoms with Crippen LogP contribution in [0.3, 0.4) is 0 Å². The van der Waals surface area contributed by atoms with Crippen molar-refractivity contribution in [3.63, 3.8) is 0 Å². The highest BCUT2D eigenvalue weighted by Gasteiger charge is 2.12. The van der Waals surface area contributed by atoms with E-state index < -0.39 is 11.5 Å². The molecule has 7 heteroatoms. The van der Waals surface area contributed by atoms with Gasteiger partial charge in [-0.15, -0.1) is 0 Å². The molecule has 3 N–H and O–H groups in total. The van der Waals surface area contributed by atoms with Crippen LogP contribution in [0, 0.1) is 0 Å². The normalized spacial score (nSPS) is 10.3. The molecule has 0 aliphatic carbocycles. The molecule has 0 aliphatic heterocycles. The summed E-state index contributed by atoms with van der Waals surface area (Å²) in [5, 5.41) is 12.3. The Labute approximate surface area is 149 Å². The number of ether oxygens (including phenoxy) is 1. The first-order valence-corrected chi connectivity index (χ1v) is 7.87. The van der Waals surface area contributed by atoms with Gasteiger partial charge in [0.15, 0.2) is 0 Å². The Bertz CT molecular complexity index is 981. The summed E-state index contributed by atoms with van der Waals surface area (Å²) in [5.41, 5.74) is 0.704. The highest BCUT2D eigenvalue weighted by molar-refractivity contribution is 6.03. The first kappa shape index (κ1) is 17.2. The summed E-state index contributed by atoms with van der Waals surface area (Å²) in [6.45, 7) is 0. The summed E-state index contributed by atoms with van der Waals surface area (Å²) in [6, 6.07) is 14.8. The first-order valence-electron chi connectivity index (χ1n) is 7.87. The van der Waals surface area contributed by atoms with Crippen molar-refractivity contribution in [2.45, 2.75) is 6.42 Å². The van der Waals surface area contributed by atoms with Crippen LogP contribution in [0.1, 0.15) is 21.9 Å². The van der Waals surface area contributed by atoms with Crippen molar-refractivity contribution < 1.29 is 14.6 Å². The van der Waals surface area contributed by atoms with Gasteiger partial charge in [-0.2, -0.15) is 0 Å². The van der Waals surface area contributed by atoms with E-state index in [1.807, 2.05) is 24.3 Å². The van der Waals surface area contributed by atoms with Gasteiger partial charge in [0.2, 0.25) is 0 Å². The molecule has 0 bridgehead atoms. The zero-order valence-electron chi connectivity index (χ0n) is 14.0. The lowest BCUT2D eigenvalue weighted by molar-refractivity contribution is 0.102. The van der Waals surface area contributed by atoms with E-state index in [2.05, 4.69) is 15.3 Å². The number of carbonyl (C=O) groups excluding carboxylic acids is 1. The molecule has 1 heterocycles. The topological polar surface area (TPSA) is 104 Å². The van der Waals surface area contributed by atoms with Crippen molar-refractivity contribution in [3.8, 4) is 11.5 Å². The Kier molecular flexibility index (Phi) is 4.98. The maximum atomic E-state index is 12.4. The van der Waals surface area contributed by atoms with Crippen LogP contribution in [-0.2, 0) is 6.42 Å². The molecule has 3 rings (SSSR count). The molecule has 0 atom stereocenters. The molecule has 0 unspecified atom stereocenters. The Morgan fingerprint density at radius 3 is 2.62 bits per heavy atom. The van der Waals surface area contributed by atoms with E-state index >= 15 is 0 Å². The number of benzene rings is 2. The van der Waals surface area contributed by atoms with Crippen LogP contribution >= 0.6 is 0 Å². The average molecular weight is 351 g/mol. The maximum Gasteiger partial charge on any atom is 0.274 e. The summed E-state index contributed by atoms with van der Waals surface area (Å²) in [4.78, 5) is 31.1. The van der Waals surface area contributed by atoms with Gasteiger partial charge in [-0.3, -0.25) is 9.59 Å². The smallest absolute Gasteiger partial charge is 0.274 e. The van der Waals surface area contributed by atoms with Crippen molar-refractivity contribution in [3.05, 3.63) is 82.0 Å². The number of aromatic nitrogens is 2. The number of H-pyrrole nitrogens is 1. The van der Waals surface area contributed by atoms with Gasteiger partial charge in [0, 0.05) is 12.5 Å². The molecule has 132 valence electrons. The lowest BCUT2D eigenvalue weighted by Crippen LogP contribution is -2.20. The van der Waals surface area contributed by atoms with Crippen molar-refractivity contribution in [1.29, 1.82) is 0 Å². The third-order valence-corrected chi connectivity index (χ3v) is 3.71. The van der Waals surface area contributed by atoms with E-state index in [1.165, 1.54) is 6.07 Å². The third-order valence-electron chi connectivity index (χ3n) is 3.71. The number of aromatic hydroxyl groups is 1. The number of hydrogen-bond donors (Lipinski definition) is 3. The van der Waals surface area contributed by atoms with Gasteiger partial charge in [-0.1, -0.05) is 24.3 Å². The molecule has 3 aromatic rings. The lowest BCUT2D eigenvalue weighted by Gasteiger charge is -2.08.